The number of hydrogen-bond acceptors (Lipinski definition) is 5. The maximum atomic E-state index is 11.0. The van der Waals surface area contributed by atoms with Crippen molar-refractivity contribution in [2.75, 3.05) is 5.32 Å². The highest BCUT2D eigenvalue weighted by molar-refractivity contribution is 5.79. The van der Waals surface area contributed by atoms with Crippen molar-refractivity contribution in [3.63, 3.8) is 0 Å². The number of aliphatic hydroxyl groups is 1. The lowest BCUT2D eigenvalue weighted by Gasteiger charge is -2.08. The molecule has 6 heteroatoms. The van der Waals surface area contributed by atoms with Crippen molar-refractivity contribution in [1.82, 2.24) is 0 Å². The van der Waals surface area contributed by atoms with Crippen LogP contribution in [0.15, 0.2) is 42.5 Å². The lowest BCUT2D eigenvalue weighted by molar-refractivity contribution is -0.384. The standard InChI is InChI=1S/C15H14N2O4/c18-9-12-3-1-11(2-4-12)8-16-14-6-5-13(10-19)7-15(14)17(20)21/h1-7,10,16,18H,8-9H2. The second-order valence-corrected chi connectivity index (χ2v) is 4.48. The molecule has 2 aromatic rings. The van der Waals surface area contributed by atoms with Crippen LogP contribution in [0, 0.1) is 10.1 Å². The molecule has 0 atom stereocenters. The van der Waals surface area contributed by atoms with Gasteiger partial charge in [-0.2, -0.15) is 0 Å². The van der Waals surface area contributed by atoms with E-state index in [-0.39, 0.29) is 17.9 Å². The number of nitrogens with one attached hydrogen (secondary N) is 1. The van der Waals surface area contributed by atoms with Crippen LogP contribution >= 0.6 is 0 Å². The van der Waals surface area contributed by atoms with E-state index in [0.717, 1.165) is 11.1 Å². The Bertz CT molecular complexity index is 653. The van der Waals surface area contributed by atoms with E-state index in [9.17, 15) is 14.9 Å². The minimum absolute atomic E-state index is 0.0215. The minimum Gasteiger partial charge on any atom is -0.392 e. The monoisotopic (exact) mass is 286 g/mol. The Hall–Kier alpha value is -2.73. The Morgan fingerprint density at radius 3 is 2.38 bits per heavy atom. The zero-order chi connectivity index (χ0) is 15.2. The quantitative estimate of drug-likeness (QED) is 0.483. The molecule has 21 heavy (non-hydrogen) atoms. The molecule has 0 aliphatic heterocycles. The third kappa shape index (κ3) is 3.64. The first-order chi connectivity index (χ1) is 10.1. The van der Waals surface area contributed by atoms with Gasteiger partial charge in [0.25, 0.3) is 5.69 Å². The highest BCUT2D eigenvalue weighted by Gasteiger charge is 2.14. The number of carbonyl (C=O) groups excluding carboxylic acids is 1. The summed E-state index contributed by atoms with van der Waals surface area (Å²) >= 11 is 0. The summed E-state index contributed by atoms with van der Waals surface area (Å²) in [5.74, 6) is 0. The van der Waals surface area contributed by atoms with Crippen LogP contribution < -0.4 is 5.32 Å². The Balaban J connectivity index is 2.15. The molecule has 0 radical (unpaired) electrons. The van der Waals surface area contributed by atoms with Crippen molar-refractivity contribution in [1.29, 1.82) is 0 Å². The van der Waals surface area contributed by atoms with E-state index >= 15 is 0 Å². The van der Waals surface area contributed by atoms with Gasteiger partial charge in [0.1, 0.15) is 12.0 Å². The molecule has 108 valence electrons. The number of benzene rings is 2. The number of carbonyl (C=O) groups is 1. The van der Waals surface area contributed by atoms with Crippen LogP contribution in [0.1, 0.15) is 21.5 Å². The molecule has 0 spiro atoms. The number of rotatable bonds is 6. The number of nitro benzene ring substituents is 1. The van der Waals surface area contributed by atoms with Crippen molar-refractivity contribution in [2.45, 2.75) is 13.2 Å². The zero-order valence-corrected chi connectivity index (χ0v) is 11.2. The fraction of sp³-hybridized carbons (Fsp3) is 0.133. The molecule has 0 aromatic heterocycles. The van der Waals surface area contributed by atoms with Crippen molar-refractivity contribution in [3.05, 3.63) is 69.3 Å². The first-order valence-corrected chi connectivity index (χ1v) is 6.30. The topological polar surface area (TPSA) is 92.5 Å². The van der Waals surface area contributed by atoms with Crippen molar-refractivity contribution in [2.24, 2.45) is 0 Å². The molecule has 2 aromatic carbocycles. The number of aliphatic hydroxyl groups excluding tert-OH is 1. The summed E-state index contributed by atoms with van der Waals surface area (Å²) in [6.45, 7) is 0.388. The summed E-state index contributed by atoms with van der Waals surface area (Å²) < 4.78 is 0. The third-order valence-electron chi connectivity index (χ3n) is 3.04. The molecule has 2 N–H and O–H groups in total. The van der Waals surface area contributed by atoms with Gasteiger partial charge in [-0.25, -0.2) is 0 Å². The molecular weight excluding hydrogens is 272 g/mol. The lowest BCUT2D eigenvalue weighted by Crippen LogP contribution is -2.03. The van der Waals surface area contributed by atoms with Gasteiger partial charge in [-0.05, 0) is 23.3 Å². The van der Waals surface area contributed by atoms with Crippen LogP contribution in [0.5, 0.6) is 0 Å². The lowest BCUT2D eigenvalue weighted by atomic mass is 10.1. The van der Waals surface area contributed by atoms with Gasteiger partial charge in [0.2, 0.25) is 0 Å². The molecule has 0 fully saturated rings. The molecule has 6 nitrogen and oxygen atoms in total. The molecule has 0 unspecified atom stereocenters. The first-order valence-electron chi connectivity index (χ1n) is 6.30. The zero-order valence-electron chi connectivity index (χ0n) is 11.2. The van der Waals surface area contributed by atoms with Gasteiger partial charge in [-0.3, -0.25) is 14.9 Å². The number of nitro groups is 1. The summed E-state index contributed by atoms with van der Waals surface area (Å²) in [6.07, 6.45) is 0.574. The van der Waals surface area contributed by atoms with Gasteiger partial charge in [0.05, 0.1) is 11.5 Å². The number of aldehydes is 1. The van der Waals surface area contributed by atoms with E-state index in [1.54, 1.807) is 12.1 Å². The fourth-order valence-electron chi connectivity index (χ4n) is 1.88. The van der Waals surface area contributed by atoms with E-state index in [1.807, 2.05) is 12.1 Å². The smallest absolute Gasteiger partial charge is 0.293 e. The van der Waals surface area contributed by atoms with Gasteiger partial charge in [-0.1, -0.05) is 24.3 Å². The van der Waals surface area contributed by atoms with Crippen molar-refractivity contribution in [3.8, 4) is 0 Å². The summed E-state index contributed by atoms with van der Waals surface area (Å²) in [6, 6.07) is 11.5. The molecule has 0 bridgehead atoms. The Morgan fingerprint density at radius 2 is 1.81 bits per heavy atom. The SMILES string of the molecule is O=Cc1ccc(NCc2ccc(CO)cc2)c([N+](=O)[O-])c1. The average molecular weight is 286 g/mol. The maximum absolute atomic E-state index is 11.0. The van der Waals surface area contributed by atoms with Gasteiger partial charge < -0.3 is 10.4 Å². The summed E-state index contributed by atoms with van der Waals surface area (Å²) in [4.78, 5) is 21.2. The molecule has 0 saturated carbocycles. The van der Waals surface area contributed by atoms with Crippen LogP contribution in [-0.4, -0.2) is 16.3 Å². The highest BCUT2D eigenvalue weighted by atomic mass is 16.6. The second kappa shape index (κ2) is 6.62. The second-order valence-electron chi connectivity index (χ2n) is 4.48. The van der Waals surface area contributed by atoms with Crippen LogP contribution in [0.2, 0.25) is 0 Å². The molecule has 0 amide bonds. The molecule has 2 rings (SSSR count). The number of nitrogens with zero attached hydrogens (tertiary/aromatic N) is 1. The van der Waals surface area contributed by atoms with E-state index in [4.69, 9.17) is 5.11 Å². The van der Waals surface area contributed by atoms with E-state index < -0.39 is 4.92 Å². The normalized spacial score (nSPS) is 10.1. The third-order valence-corrected chi connectivity index (χ3v) is 3.04. The first kappa shape index (κ1) is 14.7. The van der Waals surface area contributed by atoms with E-state index in [0.29, 0.717) is 18.5 Å². The van der Waals surface area contributed by atoms with E-state index in [1.165, 1.54) is 18.2 Å². The predicted molar refractivity (Wildman–Crippen MR) is 78.2 cm³/mol. The largest absolute Gasteiger partial charge is 0.392 e. The fourth-order valence-corrected chi connectivity index (χ4v) is 1.88. The number of hydrogen-bond donors (Lipinski definition) is 2. The van der Waals surface area contributed by atoms with Crippen LogP contribution in [0.3, 0.4) is 0 Å². The van der Waals surface area contributed by atoms with Gasteiger partial charge in [-0.15, -0.1) is 0 Å². The maximum Gasteiger partial charge on any atom is 0.293 e. The predicted octanol–water partition coefficient (Wildman–Crippen LogP) is 2.51. The Kier molecular flexibility index (Phi) is 4.63. The van der Waals surface area contributed by atoms with Crippen molar-refractivity contribution >= 4 is 17.7 Å². The molecule has 0 aliphatic rings. The Morgan fingerprint density at radius 1 is 1.14 bits per heavy atom. The molecule has 0 saturated heterocycles. The van der Waals surface area contributed by atoms with Crippen molar-refractivity contribution < 1.29 is 14.8 Å². The minimum atomic E-state index is -0.524. The van der Waals surface area contributed by atoms with Crippen LogP contribution in [0.25, 0.3) is 0 Å². The summed E-state index contributed by atoms with van der Waals surface area (Å²) in [7, 11) is 0. The van der Waals surface area contributed by atoms with Crippen LogP contribution in [-0.2, 0) is 13.2 Å². The van der Waals surface area contributed by atoms with Crippen LogP contribution in [0.4, 0.5) is 11.4 Å². The average Bonchev–Trinajstić information content (AvgIpc) is 2.53. The molecule has 0 heterocycles. The molecule has 0 aliphatic carbocycles. The highest BCUT2D eigenvalue weighted by Crippen LogP contribution is 2.25. The Labute approximate surface area is 121 Å². The summed E-state index contributed by atoms with van der Waals surface area (Å²) in [5, 5.41) is 23.0. The van der Waals surface area contributed by atoms with Gasteiger partial charge in [0.15, 0.2) is 0 Å². The van der Waals surface area contributed by atoms with Gasteiger partial charge in [0, 0.05) is 18.2 Å². The van der Waals surface area contributed by atoms with Gasteiger partial charge >= 0.3 is 0 Å². The number of anilines is 1. The van der Waals surface area contributed by atoms with E-state index in [2.05, 4.69) is 5.32 Å². The molecular formula is C15H14N2O4. The summed E-state index contributed by atoms with van der Waals surface area (Å²) in [5.41, 5.74) is 2.23.